The molecule has 1 saturated carbocycles. The molecule has 4 heteroatoms. The van der Waals surface area contributed by atoms with Gasteiger partial charge in [-0.15, -0.1) is 0 Å². The molecule has 4 nitrogen and oxygen atoms in total. The molecule has 1 N–H and O–H groups in total. The molecule has 0 bridgehead atoms. The van der Waals surface area contributed by atoms with Crippen LogP contribution in [0.4, 0.5) is 0 Å². The Bertz CT molecular complexity index is 298. The SMILES string of the molecule is CC1C(=O)NC(C)(C2CC2)C(=O)N1C. The van der Waals surface area contributed by atoms with Gasteiger partial charge in [0.2, 0.25) is 11.8 Å². The monoisotopic (exact) mass is 196 g/mol. The van der Waals surface area contributed by atoms with Crippen LogP contribution >= 0.6 is 0 Å². The molecule has 1 aliphatic carbocycles. The first kappa shape index (κ1) is 9.49. The van der Waals surface area contributed by atoms with Crippen LogP contribution in [0.25, 0.3) is 0 Å². The molecule has 0 aromatic heterocycles. The zero-order valence-electron chi connectivity index (χ0n) is 8.83. The van der Waals surface area contributed by atoms with Crippen molar-refractivity contribution in [2.45, 2.75) is 38.3 Å². The van der Waals surface area contributed by atoms with Gasteiger partial charge in [-0.2, -0.15) is 0 Å². The van der Waals surface area contributed by atoms with Crippen molar-refractivity contribution in [1.82, 2.24) is 10.2 Å². The Kier molecular flexibility index (Phi) is 1.84. The molecule has 2 unspecified atom stereocenters. The largest absolute Gasteiger partial charge is 0.340 e. The number of carbonyl (C=O) groups excluding carboxylic acids is 2. The van der Waals surface area contributed by atoms with E-state index in [0.717, 1.165) is 12.8 Å². The lowest BCUT2D eigenvalue weighted by molar-refractivity contribution is -0.152. The van der Waals surface area contributed by atoms with Crippen LogP contribution in [-0.2, 0) is 9.59 Å². The molecule has 2 aliphatic rings. The lowest BCUT2D eigenvalue weighted by Gasteiger charge is -2.41. The summed E-state index contributed by atoms with van der Waals surface area (Å²) in [4.78, 5) is 25.1. The average molecular weight is 196 g/mol. The highest BCUT2D eigenvalue weighted by Crippen LogP contribution is 2.41. The van der Waals surface area contributed by atoms with Crippen molar-refractivity contribution < 1.29 is 9.59 Å². The minimum absolute atomic E-state index is 0.0403. The van der Waals surface area contributed by atoms with E-state index in [-0.39, 0.29) is 17.9 Å². The molecule has 0 aromatic rings. The van der Waals surface area contributed by atoms with Gasteiger partial charge in [-0.3, -0.25) is 9.59 Å². The molecule has 2 atom stereocenters. The highest BCUT2D eigenvalue weighted by atomic mass is 16.2. The molecule has 0 spiro atoms. The van der Waals surface area contributed by atoms with E-state index in [0.29, 0.717) is 5.92 Å². The van der Waals surface area contributed by atoms with E-state index in [2.05, 4.69) is 5.32 Å². The molecule has 2 amide bonds. The van der Waals surface area contributed by atoms with E-state index in [4.69, 9.17) is 0 Å². The highest BCUT2D eigenvalue weighted by molar-refractivity contribution is 5.99. The maximum Gasteiger partial charge on any atom is 0.248 e. The maximum atomic E-state index is 12.0. The standard InChI is InChI=1S/C10H16N2O2/c1-6-8(13)11-10(2,7-4-5-7)9(14)12(6)3/h6-7H,4-5H2,1-3H3,(H,11,13). The zero-order chi connectivity index (χ0) is 10.5. The van der Waals surface area contributed by atoms with Gasteiger partial charge in [0.15, 0.2) is 0 Å². The predicted octanol–water partition coefficient (Wildman–Crippen LogP) is 0.132. The summed E-state index contributed by atoms with van der Waals surface area (Å²) < 4.78 is 0. The summed E-state index contributed by atoms with van der Waals surface area (Å²) in [7, 11) is 1.70. The topological polar surface area (TPSA) is 49.4 Å². The highest BCUT2D eigenvalue weighted by Gasteiger charge is 2.53. The molecule has 0 radical (unpaired) electrons. The number of hydrogen-bond acceptors (Lipinski definition) is 2. The Labute approximate surface area is 83.6 Å². The van der Waals surface area contributed by atoms with Gasteiger partial charge in [-0.25, -0.2) is 0 Å². The van der Waals surface area contributed by atoms with Crippen molar-refractivity contribution in [2.75, 3.05) is 7.05 Å². The lowest BCUT2D eigenvalue weighted by Crippen LogP contribution is -2.68. The molecule has 1 aliphatic heterocycles. The number of carbonyl (C=O) groups is 2. The average Bonchev–Trinajstić information content (AvgIpc) is 2.95. The van der Waals surface area contributed by atoms with Crippen molar-refractivity contribution in [3.05, 3.63) is 0 Å². The molecule has 78 valence electrons. The van der Waals surface area contributed by atoms with Crippen LogP contribution in [0.3, 0.4) is 0 Å². The Hall–Kier alpha value is -1.06. The predicted molar refractivity (Wildman–Crippen MR) is 51.5 cm³/mol. The Balaban J connectivity index is 2.27. The second-order valence-corrected chi connectivity index (χ2v) is 4.56. The van der Waals surface area contributed by atoms with E-state index in [1.165, 1.54) is 0 Å². The Morgan fingerprint density at radius 1 is 1.43 bits per heavy atom. The van der Waals surface area contributed by atoms with Gasteiger partial charge in [-0.1, -0.05) is 0 Å². The fraction of sp³-hybridized carbons (Fsp3) is 0.800. The van der Waals surface area contributed by atoms with Crippen LogP contribution in [0.5, 0.6) is 0 Å². The Morgan fingerprint density at radius 3 is 2.50 bits per heavy atom. The third kappa shape index (κ3) is 1.13. The third-order valence-corrected chi connectivity index (χ3v) is 3.50. The van der Waals surface area contributed by atoms with E-state index in [1.54, 1.807) is 18.9 Å². The summed E-state index contributed by atoms with van der Waals surface area (Å²) >= 11 is 0. The summed E-state index contributed by atoms with van der Waals surface area (Å²) in [5.41, 5.74) is -0.641. The number of nitrogens with zero attached hydrogens (tertiary/aromatic N) is 1. The van der Waals surface area contributed by atoms with Crippen molar-refractivity contribution in [2.24, 2.45) is 5.92 Å². The van der Waals surface area contributed by atoms with Gasteiger partial charge in [0.1, 0.15) is 11.6 Å². The van der Waals surface area contributed by atoms with E-state index >= 15 is 0 Å². The number of hydrogen-bond donors (Lipinski definition) is 1. The fourth-order valence-corrected chi connectivity index (χ4v) is 2.07. The normalized spacial score (nSPS) is 38.5. The van der Waals surface area contributed by atoms with Gasteiger partial charge in [-0.05, 0) is 32.6 Å². The number of likely N-dealkylation sites (N-methyl/N-ethyl adjacent to an activating group) is 1. The molecule has 1 heterocycles. The molecular weight excluding hydrogens is 180 g/mol. The second-order valence-electron chi connectivity index (χ2n) is 4.56. The van der Waals surface area contributed by atoms with Gasteiger partial charge in [0, 0.05) is 7.05 Å². The van der Waals surface area contributed by atoms with Gasteiger partial charge >= 0.3 is 0 Å². The first-order chi connectivity index (χ1) is 6.47. The van der Waals surface area contributed by atoms with Crippen LogP contribution in [0, 0.1) is 5.92 Å². The fourth-order valence-electron chi connectivity index (χ4n) is 2.07. The number of amides is 2. The number of nitrogens with one attached hydrogen (secondary N) is 1. The van der Waals surface area contributed by atoms with Crippen LogP contribution in [0.15, 0.2) is 0 Å². The minimum atomic E-state index is -0.641. The van der Waals surface area contributed by atoms with Crippen LogP contribution in [-0.4, -0.2) is 35.3 Å². The quantitative estimate of drug-likeness (QED) is 0.648. The molecule has 1 saturated heterocycles. The van der Waals surface area contributed by atoms with Crippen molar-refractivity contribution >= 4 is 11.8 Å². The van der Waals surface area contributed by atoms with Gasteiger partial charge in [0.25, 0.3) is 0 Å². The summed E-state index contributed by atoms with van der Waals surface area (Å²) in [5, 5.41) is 2.85. The molecule has 2 fully saturated rings. The maximum absolute atomic E-state index is 12.0. The lowest BCUT2D eigenvalue weighted by atomic mass is 9.90. The molecule has 2 rings (SSSR count). The van der Waals surface area contributed by atoms with Crippen LogP contribution in [0.1, 0.15) is 26.7 Å². The van der Waals surface area contributed by atoms with Crippen molar-refractivity contribution in [3.63, 3.8) is 0 Å². The summed E-state index contributed by atoms with van der Waals surface area (Å²) in [6, 6.07) is -0.339. The molecule has 0 aromatic carbocycles. The zero-order valence-corrected chi connectivity index (χ0v) is 8.83. The summed E-state index contributed by atoms with van der Waals surface area (Å²) in [6.45, 7) is 3.59. The van der Waals surface area contributed by atoms with Gasteiger partial charge < -0.3 is 10.2 Å². The first-order valence-corrected chi connectivity index (χ1v) is 5.06. The molecular formula is C10H16N2O2. The second kappa shape index (κ2) is 2.72. The first-order valence-electron chi connectivity index (χ1n) is 5.06. The summed E-state index contributed by atoms with van der Waals surface area (Å²) in [5.74, 6) is 0.350. The van der Waals surface area contributed by atoms with E-state index in [1.807, 2.05) is 6.92 Å². The van der Waals surface area contributed by atoms with Crippen LogP contribution < -0.4 is 5.32 Å². The number of rotatable bonds is 1. The number of piperazine rings is 1. The minimum Gasteiger partial charge on any atom is -0.340 e. The summed E-state index contributed by atoms with van der Waals surface area (Å²) in [6.07, 6.45) is 2.09. The van der Waals surface area contributed by atoms with Crippen LogP contribution in [0.2, 0.25) is 0 Å². The smallest absolute Gasteiger partial charge is 0.248 e. The Morgan fingerprint density at radius 2 is 2.00 bits per heavy atom. The van der Waals surface area contributed by atoms with E-state index < -0.39 is 5.54 Å². The van der Waals surface area contributed by atoms with Crippen molar-refractivity contribution in [1.29, 1.82) is 0 Å². The van der Waals surface area contributed by atoms with E-state index in [9.17, 15) is 9.59 Å². The van der Waals surface area contributed by atoms with Crippen molar-refractivity contribution in [3.8, 4) is 0 Å². The molecule has 14 heavy (non-hydrogen) atoms. The third-order valence-electron chi connectivity index (χ3n) is 3.50. The van der Waals surface area contributed by atoms with Gasteiger partial charge in [0.05, 0.1) is 0 Å².